The van der Waals surface area contributed by atoms with Gasteiger partial charge >= 0.3 is 0 Å². The standard InChI is InChI=1S/C5H7F/c1-3-4-5(2)6/h3-4H,2H2,1H3/b4-3-. The summed E-state index contributed by atoms with van der Waals surface area (Å²) in [5.74, 6) is -0.391. The monoisotopic (exact) mass is 86.1 g/mol. The summed E-state index contributed by atoms with van der Waals surface area (Å²) in [5, 5.41) is 0. The molecule has 0 atom stereocenters. The van der Waals surface area contributed by atoms with E-state index < -0.39 is 5.83 Å². The molecular formula is C5H7F. The van der Waals surface area contributed by atoms with Crippen LogP contribution in [0.5, 0.6) is 0 Å². The second-order valence-electron chi connectivity index (χ2n) is 0.947. The van der Waals surface area contributed by atoms with Crippen LogP contribution in [0.1, 0.15) is 6.92 Å². The summed E-state index contributed by atoms with van der Waals surface area (Å²) in [5.41, 5.74) is 0. The van der Waals surface area contributed by atoms with Gasteiger partial charge in [0.15, 0.2) is 0 Å². The molecule has 0 fully saturated rings. The Morgan fingerprint density at radius 3 is 2.33 bits per heavy atom. The Bertz CT molecular complexity index is 72.0. The average Bonchev–Trinajstić information content (AvgIpc) is 1.35. The van der Waals surface area contributed by atoms with E-state index >= 15 is 0 Å². The highest BCUT2D eigenvalue weighted by molar-refractivity contribution is 5.03. The smallest absolute Gasteiger partial charge is 0.115 e. The molecule has 0 saturated heterocycles. The first-order valence-electron chi connectivity index (χ1n) is 1.74. The molecule has 0 radical (unpaired) electrons. The van der Waals surface area contributed by atoms with Gasteiger partial charge in [0, 0.05) is 0 Å². The lowest BCUT2D eigenvalue weighted by Gasteiger charge is -1.70. The molecule has 0 aliphatic heterocycles. The van der Waals surface area contributed by atoms with E-state index in [4.69, 9.17) is 0 Å². The lowest BCUT2D eigenvalue weighted by Crippen LogP contribution is -1.51. The zero-order chi connectivity index (χ0) is 4.99. The van der Waals surface area contributed by atoms with Crippen molar-refractivity contribution in [2.45, 2.75) is 6.92 Å². The van der Waals surface area contributed by atoms with E-state index in [9.17, 15) is 4.39 Å². The largest absolute Gasteiger partial charge is 0.208 e. The number of halogens is 1. The molecule has 0 aromatic rings. The Balaban J connectivity index is 3.30. The van der Waals surface area contributed by atoms with Crippen LogP contribution in [-0.4, -0.2) is 0 Å². The highest BCUT2D eigenvalue weighted by Crippen LogP contribution is 1.89. The molecule has 0 aromatic carbocycles. The predicted octanol–water partition coefficient (Wildman–Crippen LogP) is 2.05. The zero-order valence-corrected chi connectivity index (χ0v) is 3.74. The maximum Gasteiger partial charge on any atom is 0.115 e. The molecular weight excluding hydrogens is 79.1 g/mol. The van der Waals surface area contributed by atoms with Crippen LogP contribution in [0.3, 0.4) is 0 Å². The van der Waals surface area contributed by atoms with Crippen LogP contribution in [0.4, 0.5) is 4.39 Å². The van der Waals surface area contributed by atoms with E-state index in [1.807, 2.05) is 0 Å². The fourth-order valence-corrected chi connectivity index (χ4v) is 0.181. The van der Waals surface area contributed by atoms with Gasteiger partial charge in [-0.2, -0.15) is 0 Å². The highest BCUT2D eigenvalue weighted by Gasteiger charge is 1.69. The lowest BCUT2D eigenvalue weighted by molar-refractivity contribution is 0.671. The van der Waals surface area contributed by atoms with Gasteiger partial charge in [-0.05, 0) is 13.0 Å². The van der Waals surface area contributed by atoms with Crippen LogP contribution >= 0.6 is 0 Å². The first kappa shape index (κ1) is 5.41. The Hall–Kier alpha value is -0.590. The second-order valence-corrected chi connectivity index (χ2v) is 0.947. The minimum atomic E-state index is -0.391. The van der Waals surface area contributed by atoms with E-state index in [0.717, 1.165) is 0 Å². The molecule has 0 aliphatic carbocycles. The summed E-state index contributed by atoms with van der Waals surface area (Å²) in [7, 11) is 0. The van der Waals surface area contributed by atoms with Crippen molar-refractivity contribution < 1.29 is 4.39 Å². The molecule has 34 valence electrons. The van der Waals surface area contributed by atoms with Crippen LogP contribution in [0.25, 0.3) is 0 Å². The molecule has 6 heavy (non-hydrogen) atoms. The average molecular weight is 86.1 g/mol. The van der Waals surface area contributed by atoms with Gasteiger partial charge in [0.25, 0.3) is 0 Å². The van der Waals surface area contributed by atoms with Gasteiger partial charge in [-0.3, -0.25) is 0 Å². The third kappa shape index (κ3) is 3.41. The second kappa shape index (κ2) is 2.64. The van der Waals surface area contributed by atoms with Gasteiger partial charge in [0.1, 0.15) is 5.83 Å². The van der Waals surface area contributed by atoms with Crippen LogP contribution in [0.15, 0.2) is 24.6 Å². The maximum atomic E-state index is 11.4. The molecule has 1 heteroatoms. The van der Waals surface area contributed by atoms with E-state index in [2.05, 4.69) is 6.58 Å². The van der Waals surface area contributed by atoms with Crippen molar-refractivity contribution in [1.29, 1.82) is 0 Å². The third-order valence-electron chi connectivity index (χ3n) is 0.348. The van der Waals surface area contributed by atoms with E-state index in [-0.39, 0.29) is 0 Å². The van der Waals surface area contributed by atoms with Crippen molar-refractivity contribution in [3.05, 3.63) is 24.6 Å². The van der Waals surface area contributed by atoms with Crippen molar-refractivity contribution in [1.82, 2.24) is 0 Å². The molecule has 0 nitrogen and oxygen atoms in total. The van der Waals surface area contributed by atoms with E-state index in [0.29, 0.717) is 0 Å². The number of hydrogen-bond donors (Lipinski definition) is 0. The Kier molecular flexibility index (Phi) is 2.38. The van der Waals surface area contributed by atoms with Gasteiger partial charge in [0.2, 0.25) is 0 Å². The van der Waals surface area contributed by atoms with Crippen LogP contribution in [-0.2, 0) is 0 Å². The first-order chi connectivity index (χ1) is 2.77. The van der Waals surface area contributed by atoms with Crippen LogP contribution in [0.2, 0.25) is 0 Å². The molecule has 0 unspecified atom stereocenters. The SMILES string of the molecule is C=C(F)/C=C\C. The van der Waals surface area contributed by atoms with Crippen molar-refractivity contribution in [2.75, 3.05) is 0 Å². The molecule has 0 N–H and O–H groups in total. The molecule has 0 saturated carbocycles. The lowest BCUT2D eigenvalue weighted by atomic mass is 10.5. The summed E-state index contributed by atoms with van der Waals surface area (Å²) in [6.07, 6.45) is 2.91. The van der Waals surface area contributed by atoms with Gasteiger partial charge in [0.05, 0.1) is 0 Å². The summed E-state index contributed by atoms with van der Waals surface area (Å²) in [6.45, 7) is 4.73. The third-order valence-corrected chi connectivity index (χ3v) is 0.348. The van der Waals surface area contributed by atoms with Gasteiger partial charge in [-0.25, -0.2) is 4.39 Å². The van der Waals surface area contributed by atoms with Crippen molar-refractivity contribution >= 4 is 0 Å². The minimum absolute atomic E-state index is 0.391. The van der Waals surface area contributed by atoms with Gasteiger partial charge in [-0.1, -0.05) is 12.7 Å². The number of allylic oxidation sites excluding steroid dienone is 3. The molecule has 0 spiro atoms. The van der Waals surface area contributed by atoms with Crippen LogP contribution < -0.4 is 0 Å². The molecule has 0 aliphatic rings. The van der Waals surface area contributed by atoms with E-state index in [1.165, 1.54) is 6.08 Å². The molecule has 0 aromatic heterocycles. The first-order valence-corrected chi connectivity index (χ1v) is 1.74. The quantitative estimate of drug-likeness (QED) is 0.428. The highest BCUT2D eigenvalue weighted by atomic mass is 19.1. The Morgan fingerprint density at radius 2 is 2.33 bits per heavy atom. The summed E-state index contributed by atoms with van der Waals surface area (Å²) < 4.78 is 11.4. The minimum Gasteiger partial charge on any atom is -0.208 e. The Labute approximate surface area is 37.0 Å². The summed E-state index contributed by atoms with van der Waals surface area (Å²) in [4.78, 5) is 0. The predicted molar refractivity (Wildman–Crippen MR) is 25.1 cm³/mol. The maximum absolute atomic E-state index is 11.4. The zero-order valence-electron chi connectivity index (χ0n) is 3.74. The number of hydrogen-bond acceptors (Lipinski definition) is 0. The number of rotatable bonds is 1. The molecule has 0 heterocycles. The van der Waals surface area contributed by atoms with Crippen molar-refractivity contribution in [3.63, 3.8) is 0 Å². The normalized spacial score (nSPS) is 9.67. The molecule has 0 bridgehead atoms. The fourth-order valence-electron chi connectivity index (χ4n) is 0.181. The Morgan fingerprint density at radius 1 is 1.83 bits per heavy atom. The van der Waals surface area contributed by atoms with E-state index in [1.54, 1.807) is 13.0 Å². The fraction of sp³-hybridized carbons (Fsp3) is 0.200. The van der Waals surface area contributed by atoms with Gasteiger partial charge < -0.3 is 0 Å². The van der Waals surface area contributed by atoms with Gasteiger partial charge in [-0.15, -0.1) is 0 Å². The van der Waals surface area contributed by atoms with Crippen molar-refractivity contribution in [2.24, 2.45) is 0 Å². The van der Waals surface area contributed by atoms with Crippen LogP contribution in [0, 0.1) is 0 Å². The molecule has 0 rings (SSSR count). The topological polar surface area (TPSA) is 0 Å². The summed E-state index contributed by atoms with van der Waals surface area (Å²) >= 11 is 0. The summed E-state index contributed by atoms with van der Waals surface area (Å²) in [6, 6.07) is 0. The van der Waals surface area contributed by atoms with Crippen molar-refractivity contribution in [3.8, 4) is 0 Å². The molecule has 0 amide bonds.